The van der Waals surface area contributed by atoms with Crippen molar-refractivity contribution in [3.8, 4) is 0 Å². The maximum atomic E-state index is 3.54. The summed E-state index contributed by atoms with van der Waals surface area (Å²) in [6, 6.07) is 0.995. The lowest BCUT2D eigenvalue weighted by molar-refractivity contribution is 0.164. The summed E-state index contributed by atoms with van der Waals surface area (Å²) < 4.78 is 0. The Hall–Kier alpha value is -0.0800. The Morgan fingerprint density at radius 3 is 2.27 bits per heavy atom. The molecule has 2 saturated carbocycles. The third-order valence-electron chi connectivity index (χ3n) is 5.59. The molecule has 2 aliphatic heterocycles. The highest BCUT2D eigenvalue weighted by molar-refractivity contribution is 5.00. The predicted octanol–water partition coefficient (Wildman–Crippen LogP) is 1.33. The second kappa shape index (κ2) is 3.21. The van der Waals surface area contributed by atoms with Gasteiger partial charge < -0.3 is 5.32 Å². The van der Waals surface area contributed by atoms with Crippen LogP contribution < -0.4 is 5.32 Å². The topological polar surface area (TPSA) is 15.3 Å². The van der Waals surface area contributed by atoms with E-state index in [-0.39, 0.29) is 0 Å². The van der Waals surface area contributed by atoms with Gasteiger partial charge in [-0.05, 0) is 56.0 Å². The molecule has 2 heterocycles. The first-order valence-electron chi connectivity index (χ1n) is 6.85. The standard InChI is InChI=1S/C13H22N2/c1-2-10-3-9(1)4-13(10)15-7-11-5-14-6-12(11)8-15/h9-14H,1-8H2. The lowest BCUT2D eigenvalue weighted by Crippen LogP contribution is -2.39. The van der Waals surface area contributed by atoms with Gasteiger partial charge in [-0.15, -0.1) is 0 Å². The largest absolute Gasteiger partial charge is 0.316 e. The molecule has 0 radical (unpaired) electrons. The van der Waals surface area contributed by atoms with Gasteiger partial charge in [0.15, 0.2) is 0 Å². The van der Waals surface area contributed by atoms with E-state index in [4.69, 9.17) is 0 Å². The third-order valence-corrected chi connectivity index (χ3v) is 5.59. The average molecular weight is 206 g/mol. The van der Waals surface area contributed by atoms with E-state index >= 15 is 0 Å². The normalized spacial score (nSPS) is 54.0. The zero-order valence-electron chi connectivity index (χ0n) is 9.49. The molecule has 4 fully saturated rings. The van der Waals surface area contributed by atoms with Gasteiger partial charge in [-0.1, -0.05) is 6.42 Å². The van der Waals surface area contributed by atoms with E-state index in [1.165, 1.54) is 32.6 Å². The summed E-state index contributed by atoms with van der Waals surface area (Å²) in [6.07, 6.45) is 6.19. The number of fused-ring (bicyclic) bond motifs is 3. The van der Waals surface area contributed by atoms with Crippen LogP contribution >= 0.6 is 0 Å². The molecule has 4 rings (SSSR count). The molecule has 0 aromatic carbocycles. The highest BCUT2D eigenvalue weighted by atomic mass is 15.2. The fourth-order valence-electron chi connectivity index (χ4n) is 4.82. The molecule has 5 unspecified atom stereocenters. The van der Waals surface area contributed by atoms with Gasteiger partial charge in [0.2, 0.25) is 0 Å². The first-order valence-corrected chi connectivity index (χ1v) is 6.85. The molecule has 0 spiro atoms. The third kappa shape index (κ3) is 1.31. The maximum absolute atomic E-state index is 3.54. The van der Waals surface area contributed by atoms with Crippen molar-refractivity contribution >= 4 is 0 Å². The molecule has 0 aromatic heterocycles. The zero-order chi connectivity index (χ0) is 9.83. The van der Waals surface area contributed by atoms with Crippen molar-refractivity contribution in [3.05, 3.63) is 0 Å². The van der Waals surface area contributed by atoms with Crippen LogP contribution in [0.1, 0.15) is 25.7 Å². The molecule has 1 N–H and O–H groups in total. The highest BCUT2D eigenvalue weighted by Gasteiger charge is 2.46. The van der Waals surface area contributed by atoms with Crippen LogP contribution in [-0.2, 0) is 0 Å². The van der Waals surface area contributed by atoms with Gasteiger partial charge in [0, 0.05) is 19.1 Å². The molecule has 84 valence electrons. The summed E-state index contributed by atoms with van der Waals surface area (Å²) in [5.74, 6) is 4.17. The summed E-state index contributed by atoms with van der Waals surface area (Å²) in [6.45, 7) is 5.40. The van der Waals surface area contributed by atoms with E-state index in [1.54, 1.807) is 19.3 Å². The van der Waals surface area contributed by atoms with Crippen molar-refractivity contribution in [2.75, 3.05) is 26.2 Å². The first kappa shape index (κ1) is 9.00. The molecule has 2 bridgehead atoms. The zero-order valence-corrected chi connectivity index (χ0v) is 9.49. The van der Waals surface area contributed by atoms with E-state index in [9.17, 15) is 0 Å². The first-order chi connectivity index (χ1) is 7.40. The van der Waals surface area contributed by atoms with Crippen molar-refractivity contribution in [3.63, 3.8) is 0 Å². The summed E-state index contributed by atoms with van der Waals surface area (Å²) in [4.78, 5) is 2.86. The van der Waals surface area contributed by atoms with Crippen LogP contribution in [0.4, 0.5) is 0 Å². The lowest BCUT2D eigenvalue weighted by Gasteiger charge is -2.31. The highest BCUT2D eigenvalue weighted by Crippen LogP contribution is 2.48. The number of likely N-dealkylation sites (tertiary alicyclic amines) is 1. The molecule has 15 heavy (non-hydrogen) atoms. The molecular formula is C13H22N2. The van der Waals surface area contributed by atoms with Crippen molar-refractivity contribution in [1.29, 1.82) is 0 Å². The van der Waals surface area contributed by atoms with E-state index in [1.807, 2.05) is 0 Å². The van der Waals surface area contributed by atoms with Gasteiger partial charge in [0.05, 0.1) is 0 Å². The minimum absolute atomic E-state index is 0.990. The van der Waals surface area contributed by atoms with Gasteiger partial charge in [-0.2, -0.15) is 0 Å². The number of nitrogens with zero attached hydrogens (tertiary/aromatic N) is 1. The van der Waals surface area contributed by atoms with Crippen molar-refractivity contribution < 1.29 is 0 Å². The molecular weight excluding hydrogens is 184 g/mol. The lowest BCUT2D eigenvalue weighted by atomic mass is 9.94. The molecule has 0 amide bonds. The number of hydrogen-bond donors (Lipinski definition) is 1. The Bertz CT molecular complexity index is 253. The van der Waals surface area contributed by atoms with E-state index in [0.29, 0.717) is 0 Å². The molecule has 2 saturated heterocycles. The van der Waals surface area contributed by atoms with Crippen LogP contribution in [0.25, 0.3) is 0 Å². The van der Waals surface area contributed by atoms with E-state index in [2.05, 4.69) is 10.2 Å². The quantitative estimate of drug-likeness (QED) is 0.696. The smallest absolute Gasteiger partial charge is 0.0126 e. The van der Waals surface area contributed by atoms with Crippen LogP contribution in [0, 0.1) is 23.7 Å². The maximum Gasteiger partial charge on any atom is 0.0126 e. The Morgan fingerprint density at radius 2 is 1.67 bits per heavy atom. The van der Waals surface area contributed by atoms with Gasteiger partial charge in [0.1, 0.15) is 0 Å². The molecule has 4 aliphatic rings. The number of nitrogens with one attached hydrogen (secondary N) is 1. The molecule has 2 heteroatoms. The summed E-state index contributed by atoms with van der Waals surface area (Å²) >= 11 is 0. The molecule has 2 aliphatic carbocycles. The fraction of sp³-hybridized carbons (Fsp3) is 1.00. The van der Waals surface area contributed by atoms with Gasteiger partial charge in [-0.25, -0.2) is 0 Å². The summed E-state index contributed by atoms with van der Waals surface area (Å²) in [7, 11) is 0. The van der Waals surface area contributed by atoms with Crippen molar-refractivity contribution in [1.82, 2.24) is 10.2 Å². The van der Waals surface area contributed by atoms with Crippen molar-refractivity contribution in [2.24, 2.45) is 23.7 Å². The average Bonchev–Trinajstić information content (AvgIpc) is 2.96. The van der Waals surface area contributed by atoms with Crippen molar-refractivity contribution in [2.45, 2.75) is 31.7 Å². The Kier molecular flexibility index (Phi) is 1.92. The minimum atomic E-state index is 0.990. The monoisotopic (exact) mass is 206 g/mol. The minimum Gasteiger partial charge on any atom is -0.316 e. The van der Waals surface area contributed by atoms with Crippen LogP contribution in [0.2, 0.25) is 0 Å². The molecule has 2 nitrogen and oxygen atoms in total. The predicted molar refractivity (Wildman–Crippen MR) is 60.7 cm³/mol. The Balaban J connectivity index is 1.47. The van der Waals surface area contributed by atoms with E-state index < -0.39 is 0 Å². The second-order valence-electron chi connectivity index (χ2n) is 6.37. The SMILES string of the molecule is C1CC2CC1CC2N1CC2CNCC2C1. The second-order valence-corrected chi connectivity index (χ2v) is 6.37. The van der Waals surface area contributed by atoms with Gasteiger partial charge >= 0.3 is 0 Å². The molecule has 0 aromatic rings. The summed E-state index contributed by atoms with van der Waals surface area (Å²) in [5, 5.41) is 3.54. The van der Waals surface area contributed by atoms with E-state index in [0.717, 1.165) is 29.7 Å². The Morgan fingerprint density at radius 1 is 0.867 bits per heavy atom. The Labute approximate surface area is 92.4 Å². The van der Waals surface area contributed by atoms with Crippen LogP contribution in [0.15, 0.2) is 0 Å². The van der Waals surface area contributed by atoms with Crippen LogP contribution in [-0.4, -0.2) is 37.1 Å². The fourth-order valence-corrected chi connectivity index (χ4v) is 4.82. The van der Waals surface area contributed by atoms with Crippen LogP contribution in [0.5, 0.6) is 0 Å². The molecule has 5 atom stereocenters. The van der Waals surface area contributed by atoms with Gasteiger partial charge in [-0.3, -0.25) is 4.90 Å². The summed E-state index contributed by atoms with van der Waals surface area (Å²) in [5.41, 5.74) is 0. The number of rotatable bonds is 1. The number of hydrogen-bond acceptors (Lipinski definition) is 2. The van der Waals surface area contributed by atoms with Crippen LogP contribution in [0.3, 0.4) is 0 Å². The van der Waals surface area contributed by atoms with Gasteiger partial charge in [0.25, 0.3) is 0 Å².